The molecule has 1 radical (unpaired) electrons. The van der Waals surface area contributed by atoms with E-state index >= 15 is 0 Å². The predicted octanol–water partition coefficient (Wildman–Crippen LogP) is 2.26. The van der Waals surface area contributed by atoms with Crippen molar-refractivity contribution in [1.82, 2.24) is 0 Å². The van der Waals surface area contributed by atoms with E-state index in [0.29, 0.717) is 0 Å². The summed E-state index contributed by atoms with van der Waals surface area (Å²) < 4.78 is 0. The third-order valence-corrected chi connectivity index (χ3v) is 0. The molecule has 0 aliphatic carbocycles. The van der Waals surface area contributed by atoms with Gasteiger partial charge in [-0.05, 0) is 0 Å². The van der Waals surface area contributed by atoms with Crippen LogP contribution in [0.5, 0.6) is 0 Å². The normalized spacial score (nSPS) is 4.80. The topological polar surface area (TPSA) is 0 Å². The molecule has 0 amide bonds. The molecule has 0 aliphatic heterocycles. The van der Waals surface area contributed by atoms with Gasteiger partial charge in [0, 0.05) is 0 Å². The van der Waals surface area contributed by atoms with Crippen LogP contribution < -0.4 is 0 Å². The van der Waals surface area contributed by atoms with Gasteiger partial charge in [-0.2, -0.15) is 0 Å². The van der Waals surface area contributed by atoms with Crippen LogP contribution in [0.1, 0.15) is 27.2 Å². The second-order valence-electron chi connectivity index (χ2n) is 0.707. The first kappa shape index (κ1) is 8.89. The molecular weight excluding hydrogens is 60.1 g/mol. The highest BCUT2D eigenvalue weighted by Gasteiger charge is 1.35. The molecule has 0 bridgehead atoms. The van der Waals surface area contributed by atoms with Crippen molar-refractivity contribution in [3.8, 4) is 0 Å². The maximum atomic E-state index is 3.25. The standard InChI is InChI=1S/C3H8.C2H5/c1-3-2;1-2/h3H2,1-2H3;1H2,2H3. The molecule has 0 atom stereocenters. The molecule has 0 aromatic rings. The Labute approximate surface area is 35.2 Å². The van der Waals surface area contributed by atoms with Crippen molar-refractivity contribution < 1.29 is 0 Å². The molecule has 0 aromatic heterocycles. The Morgan fingerprint density at radius 3 is 1.20 bits per heavy atom. The molecule has 0 aliphatic rings. The molecule has 33 valence electrons. The summed E-state index contributed by atoms with van der Waals surface area (Å²) >= 11 is 0. The molecule has 0 N–H and O–H groups in total. The van der Waals surface area contributed by atoms with Crippen molar-refractivity contribution in [2.75, 3.05) is 0 Å². The minimum absolute atomic E-state index is 1.25. The lowest BCUT2D eigenvalue weighted by Gasteiger charge is -1.48. The molecule has 0 spiro atoms. The first-order valence-electron chi connectivity index (χ1n) is 2.12. The van der Waals surface area contributed by atoms with Gasteiger partial charge < -0.3 is 0 Å². The summed E-state index contributed by atoms with van der Waals surface area (Å²) in [6.07, 6.45) is 1.25. The fraction of sp³-hybridized carbons (Fsp3) is 0.800. The minimum atomic E-state index is 1.25. The Morgan fingerprint density at radius 2 is 1.20 bits per heavy atom. The van der Waals surface area contributed by atoms with Crippen LogP contribution in [0.4, 0.5) is 0 Å². The quantitative estimate of drug-likeness (QED) is 0.412. The highest BCUT2D eigenvalue weighted by Crippen LogP contribution is 1.56. The highest BCUT2D eigenvalue weighted by atomic mass is 13.4. The molecule has 5 heavy (non-hydrogen) atoms. The third-order valence-electron chi connectivity index (χ3n) is 0. The summed E-state index contributed by atoms with van der Waals surface area (Å²) in [7, 11) is 0. The van der Waals surface area contributed by atoms with Crippen molar-refractivity contribution in [3.63, 3.8) is 0 Å². The van der Waals surface area contributed by atoms with Gasteiger partial charge in [-0.3, -0.25) is 0 Å². The van der Waals surface area contributed by atoms with E-state index in [-0.39, 0.29) is 0 Å². The summed E-state index contributed by atoms with van der Waals surface area (Å²) in [6.45, 7) is 9.25. The van der Waals surface area contributed by atoms with E-state index in [0.717, 1.165) is 0 Å². The van der Waals surface area contributed by atoms with Crippen LogP contribution >= 0.6 is 0 Å². The average Bonchev–Trinajstić information content (AvgIpc) is 1.46. The Kier molecular flexibility index (Phi) is 64.0. The van der Waals surface area contributed by atoms with Gasteiger partial charge in [-0.15, -0.1) is 0 Å². The molecule has 0 heteroatoms. The molecule has 0 saturated heterocycles. The van der Waals surface area contributed by atoms with Gasteiger partial charge in [0.05, 0.1) is 0 Å². The lowest BCUT2D eigenvalue weighted by atomic mass is 10.6. The largest absolute Gasteiger partial charge is 0.0656 e. The van der Waals surface area contributed by atoms with Crippen molar-refractivity contribution in [2.45, 2.75) is 27.2 Å². The van der Waals surface area contributed by atoms with E-state index in [1.807, 2.05) is 0 Å². The van der Waals surface area contributed by atoms with Crippen LogP contribution in [0.15, 0.2) is 0 Å². The maximum Gasteiger partial charge on any atom is -0.0564 e. The zero-order valence-electron chi connectivity index (χ0n) is 4.41. The third kappa shape index (κ3) is 0. The molecule has 0 rings (SSSR count). The van der Waals surface area contributed by atoms with E-state index in [1.54, 1.807) is 6.92 Å². The van der Waals surface area contributed by atoms with Gasteiger partial charge in [0.2, 0.25) is 0 Å². The Bertz CT molecular complexity index is 0. The zero-order valence-corrected chi connectivity index (χ0v) is 4.41. The Hall–Kier alpha value is 0. The summed E-state index contributed by atoms with van der Waals surface area (Å²) in [5, 5.41) is 0. The molecule has 0 aromatic carbocycles. The molecule has 0 nitrogen and oxygen atoms in total. The molecular formula is C5H13. The average molecular weight is 73.2 g/mol. The fourth-order valence-electron chi connectivity index (χ4n) is 0. The number of hydrogen-bond acceptors (Lipinski definition) is 0. The van der Waals surface area contributed by atoms with Crippen LogP contribution in [0.25, 0.3) is 0 Å². The first-order valence-corrected chi connectivity index (χ1v) is 2.12. The number of hydrogen-bond donors (Lipinski definition) is 0. The van der Waals surface area contributed by atoms with Gasteiger partial charge in [0.15, 0.2) is 0 Å². The number of rotatable bonds is 0. The predicted molar refractivity (Wildman–Crippen MR) is 27.0 cm³/mol. The van der Waals surface area contributed by atoms with E-state index in [2.05, 4.69) is 20.8 Å². The summed E-state index contributed by atoms with van der Waals surface area (Å²) in [5.74, 6) is 0. The lowest BCUT2D eigenvalue weighted by molar-refractivity contribution is 1.09. The maximum absolute atomic E-state index is 3.25. The van der Waals surface area contributed by atoms with Crippen LogP contribution in [0.2, 0.25) is 0 Å². The van der Waals surface area contributed by atoms with Crippen LogP contribution in [-0.4, -0.2) is 0 Å². The second kappa shape index (κ2) is 36.0. The summed E-state index contributed by atoms with van der Waals surface area (Å²) in [6, 6.07) is 0. The van der Waals surface area contributed by atoms with Gasteiger partial charge in [-0.25, -0.2) is 0 Å². The molecule has 0 unspecified atom stereocenters. The Balaban J connectivity index is 0. The van der Waals surface area contributed by atoms with Crippen LogP contribution in [0.3, 0.4) is 0 Å². The summed E-state index contributed by atoms with van der Waals surface area (Å²) in [4.78, 5) is 0. The van der Waals surface area contributed by atoms with Gasteiger partial charge in [-0.1, -0.05) is 34.1 Å². The van der Waals surface area contributed by atoms with Gasteiger partial charge in [0.25, 0.3) is 0 Å². The molecule has 0 heterocycles. The highest BCUT2D eigenvalue weighted by molar-refractivity contribution is 3.94. The molecule has 0 saturated carbocycles. The van der Waals surface area contributed by atoms with Crippen molar-refractivity contribution >= 4 is 0 Å². The van der Waals surface area contributed by atoms with Crippen molar-refractivity contribution in [1.29, 1.82) is 0 Å². The van der Waals surface area contributed by atoms with E-state index < -0.39 is 0 Å². The monoisotopic (exact) mass is 73.1 g/mol. The smallest absolute Gasteiger partial charge is 0.0564 e. The summed E-state index contributed by atoms with van der Waals surface area (Å²) in [5.41, 5.74) is 0. The first-order chi connectivity index (χ1) is 2.41. The van der Waals surface area contributed by atoms with Crippen LogP contribution in [0, 0.1) is 6.92 Å². The van der Waals surface area contributed by atoms with E-state index in [1.165, 1.54) is 6.42 Å². The second-order valence-corrected chi connectivity index (χ2v) is 0.707. The minimum Gasteiger partial charge on any atom is -0.0656 e. The van der Waals surface area contributed by atoms with E-state index in [4.69, 9.17) is 0 Å². The SMILES string of the molecule is CCC.[CH2]C. The van der Waals surface area contributed by atoms with Crippen molar-refractivity contribution in [3.05, 3.63) is 6.92 Å². The van der Waals surface area contributed by atoms with E-state index in [9.17, 15) is 0 Å². The van der Waals surface area contributed by atoms with Crippen molar-refractivity contribution in [2.24, 2.45) is 0 Å². The lowest BCUT2D eigenvalue weighted by Crippen LogP contribution is -1.27. The molecule has 0 fully saturated rings. The van der Waals surface area contributed by atoms with Crippen LogP contribution in [-0.2, 0) is 0 Å². The zero-order chi connectivity index (χ0) is 4.71. The van der Waals surface area contributed by atoms with Gasteiger partial charge in [0.1, 0.15) is 0 Å². The van der Waals surface area contributed by atoms with Gasteiger partial charge >= 0.3 is 0 Å². The Morgan fingerprint density at radius 1 is 1.20 bits per heavy atom. The fourth-order valence-corrected chi connectivity index (χ4v) is 0.